The van der Waals surface area contributed by atoms with Crippen LogP contribution in [0.25, 0.3) is 12.2 Å². The quantitative estimate of drug-likeness (QED) is 0.555. The van der Waals surface area contributed by atoms with Crippen molar-refractivity contribution >= 4 is 12.2 Å². The first-order valence-corrected chi connectivity index (χ1v) is 3.25. The smallest absolute Gasteiger partial charge is 0.116 e. The Morgan fingerprint density at radius 2 is 2.09 bits per heavy atom. The lowest BCUT2D eigenvalue weighted by Crippen LogP contribution is -1.86. The molecule has 0 amide bonds. The van der Waals surface area contributed by atoms with E-state index in [-0.39, 0.29) is 0 Å². The lowest BCUT2D eigenvalue weighted by molar-refractivity contribution is 0.411. The van der Waals surface area contributed by atoms with E-state index in [0.717, 1.165) is 11.3 Å². The Hall–Kier alpha value is -1.64. The zero-order chi connectivity index (χ0) is 7.52. The Labute approximate surface area is 64.1 Å². The highest BCUT2D eigenvalue weighted by Gasteiger charge is 1.98. The molecule has 2 heterocycles. The van der Waals surface area contributed by atoms with E-state index < -0.39 is 0 Å². The average Bonchev–Trinajstić information content (AvgIpc) is 2.28. The van der Waals surface area contributed by atoms with Gasteiger partial charge in [-0.3, -0.25) is 0 Å². The normalized spacial score (nSPS) is 13.5. The van der Waals surface area contributed by atoms with Gasteiger partial charge in [0.1, 0.15) is 6.33 Å². The van der Waals surface area contributed by atoms with Crippen LogP contribution in [0, 0.1) is 0 Å². The Kier molecular flexibility index (Phi) is 1.41. The minimum absolute atomic E-state index is 0.883. The Balaban J connectivity index is 2.58. The molecule has 0 spiro atoms. The molecule has 54 valence electrons. The monoisotopic (exact) mass is 146 g/mol. The highest BCUT2D eigenvalue weighted by Crippen LogP contribution is 2.10. The van der Waals surface area contributed by atoms with Crippen molar-refractivity contribution in [3.05, 3.63) is 36.3 Å². The second-order valence-electron chi connectivity index (χ2n) is 2.10. The van der Waals surface area contributed by atoms with Crippen LogP contribution in [0.4, 0.5) is 0 Å². The maximum absolute atomic E-state index is 4.95. The van der Waals surface area contributed by atoms with Crippen molar-refractivity contribution in [3.63, 3.8) is 0 Å². The lowest BCUT2D eigenvalue weighted by Gasteiger charge is -1.93. The largest absolute Gasteiger partial charge is 0.473 e. The molecular weight excluding hydrogens is 140 g/mol. The van der Waals surface area contributed by atoms with Crippen LogP contribution in [-0.2, 0) is 4.74 Å². The van der Waals surface area contributed by atoms with Crippen molar-refractivity contribution in [1.82, 2.24) is 9.97 Å². The van der Waals surface area contributed by atoms with Gasteiger partial charge in [0.05, 0.1) is 18.2 Å². The van der Waals surface area contributed by atoms with Gasteiger partial charge in [0.25, 0.3) is 0 Å². The molecule has 0 fully saturated rings. The highest BCUT2D eigenvalue weighted by atomic mass is 16.5. The summed E-state index contributed by atoms with van der Waals surface area (Å²) in [7, 11) is 0. The first-order valence-electron chi connectivity index (χ1n) is 3.25. The van der Waals surface area contributed by atoms with E-state index in [1.807, 2.05) is 6.08 Å². The second-order valence-corrected chi connectivity index (χ2v) is 2.10. The molecule has 0 saturated heterocycles. The van der Waals surface area contributed by atoms with Gasteiger partial charge in [0.2, 0.25) is 0 Å². The summed E-state index contributed by atoms with van der Waals surface area (Å²) >= 11 is 0. The molecule has 0 bridgehead atoms. The molecule has 11 heavy (non-hydrogen) atoms. The minimum atomic E-state index is 0.883. The summed E-state index contributed by atoms with van der Waals surface area (Å²) in [5.41, 5.74) is 1.86. The lowest BCUT2D eigenvalue weighted by atomic mass is 10.2. The minimum Gasteiger partial charge on any atom is -0.473 e. The van der Waals surface area contributed by atoms with E-state index in [2.05, 4.69) is 9.97 Å². The molecule has 1 aliphatic rings. The fourth-order valence-electron chi connectivity index (χ4n) is 0.879. The van der Waals surface area contributed by atoms with Crippen LogP contribution in [-0.4, -0.2) is 9.97 Å². The van der Waals surface area contributed by atoms with Gasteiger partial charge in [0, 0.05) is 11.8 Å². The van der Waals surface area contributed by atoms with Gasteiger partial charge < -0.3 is 4.74 Å². The molecule has 1 aromatic heterocycles. The fourth-order valence-corrected chi connectivity index (χ4v) is 0.879. The summed E-state index contributed by atoms with van der Waals surface area (Å²) in [4.78, 5) is 7.94. The van der Waals surface area contributed by atoms with E-state index in [4.69, 9.17) is 4.74 Å². The summed E-state index contributed by atoms with van der Waals surface area (Å²) in [6, 6.07) is 0. The molecule has 0 saturated carbocycles. The van der Waals surface area contributed by atoms with Gasteiger partial charge in [-0.1, -0.05) is 0 Å². The second kappa shape index (κ2) is 2.54. The van der Waals surface area contributed by atoms with Gasteiger partial charge >= 0.3 is 0 Å². The third-order valence-electron chi connectivity index (χ3n) is 1.40. The van der Waals surface area contributed by atoms with E-state index in [1.165, 1.54) is 6.33 Å². The Morgan fingerprint density at radius 3 is 3.09 bits per heavy atom. The SMILES string of the molecule is C1=Cc2cncnc2C=CO1. The van der Waals surface area contributed by atoms with Crippen molar-refractivity contribution in [2.75, 3.05) is 0 Å². The van der Waals surface area contributed by atoms with Crippen molar-refractivity contribution in [1.29, 1.82) is 0 Å². The van der Waals surface area contributed by atoms with Gasteiger partial charge in [0.15, 0.2) is 0 Å². The molecule has 2 rings (SSSR count). The summed E-state index contributed by atoms with van der Waals surface area (Å²) < 4.78 is 4.95. The molecule has 1 aromatic rings. The summed E-state index contributed by atoms with van der Waals surface area (Å²) in [5.74, 6) is 0. The first-order chi connectivity index (χ1) is 5.47. The predicted molar refractivity (Wildman–Crippen MR) is 41.2 cm³/mol. The predicted octanol–water partition coefficient (Wildman–Crippen LogP) is 1.45. The third-order valence-corrected chi connectivity index (χ3v) is 1.40. The maximum Gasteiger partial charge on any atom is 0.116 e. The summed E-state index contributed by atoms with van der Waals surface area (Å²) in [5, 5.41) is 0. The van der Waals surface area contributed by atoms with E-state index in [9.17, 15) is 0 Å². The van der Waals surface area contributed by atoms with E-state index in [0.29, 0.717) is 0 Å². The van der Waals surface area contributed by atoms with Crippen LogP contribution in [0.1, 0.15) is 11.3 Å². The Bertz CT molecular complexity index is 287. The first kappa shape index (κ1) is 6.09. The Morgan fingerprint density at radius 1 is 1.18 bits per heavy atom. The van der Waals surface area contributed by atoms with Crippen molar-refractivity contribution in [3.8, 4) is 0 Å². The molecule has 3 nitrogen and oxygen atoms in total. The standard InChI is InChI=1S/C8H6N2O/c1-3-11-4-2-8-7(1)5-9-6-10-8/h1-6H. The number of ether oxygens (including phenoxy) is 1. The van der Waals surface area contributed by atoms with E-state index in [1.54, 1.807) is 24.8 Å². The average molecular weight is 146 g/mol. The van der Waals surface area contributed by atoms with Crippen LogP contribution >= 0.6 is 0 Å². The molecule has 0 atom stereocenters. The molecule has 0 aliphatic carbocycles. The van der Waals surface area contributed by atoms with E-state index >= 15 is 0 Å². The third kappa shape index (κ3) is 1.12. The highest BCUT2D eigenvalue weighted by molar-refractivity contribution is 5.61. The van der Waals surface area contributed by atoms with Crippen molar-refractivity contribution < 1.29 is 4.74 Å². The number of fused-ring (bicyclic) bond motifs is 1. The number of nitrogens with zero attached hydrogens (tertiary/aromatic N) is 2. The van der Waals surface area contributed by atoms with Crippen LogP contribution in [0.15, 0.2) is 25.0 Å². The molecular formula is C8H6N2O. The maximum atomic E-state index is 4.95. The van der Waals surface area contributed by atoms with Gasteiger partial charge in [-0.05, 0) is 12.2 Å². The van der Waals surface area contributed by atoms with Crippen LogP contribution in [0.2, 0.25) is 0 Å². The fraction of sp³-hybridized carbons (Fsp3) is 0. The number of aromatic nitrogens is 2. The molecule has 0 radical (unpaired) electrons. The molecule has 0 unspecified atom stereocenters. The number of hydrogen-bond donors (Lipinski definition) is 0. The summed E-state index contributed by atoms with van der Waals surface area (Å²) in [6.07, 6.45) is 10.1. The number of hydrogen-bond acceptors (Lipinski definition) is 3. The topological polar surface area (TPSA) is 35.0 Å². The summed E-state index contributed by atoms with van der Waals surface area (Å²) in [6.45, 7) is 0. The van der Waals surface area contributed by atoms with Crippen molar-refractivity contribution in [2.24, 2.45) is 0 Å². The zero-order valence-corrected chi connectivity index (χ0v) is 5.77. The van der Waals surface area contributed by atoms with Gasteiger partial charge in [-0.2, -0.15) is 0 Å². The molecule has 1 aliphatic heterocycles. The number of rotatable bonds is 0. The van der Waals surface area contributed by atoms with Crippen LogP contribution in [0.5, 0.6) is 0 Å². The molecule has 3 heteroatoms. The van der Waals surface area contributed by atoms with Crippen LogP contribution in [0.3, 0.4) is 0 Å². The van der Waals surface area contributed by atoms with Crippen LogP contribution < -0.4 is 0 Å². The zero-order valence-electron chi connectivity index (χ0n) is 5.77. The molecule has 0 N–H and O–H groups in total. The van der Waals surface area contributed by atoms with Gasteiger partial charge in [-0.15, -0.1) is 0 Å². The van der Waals surface area contributed by atoms with Gasteiger partial charge in [-0.25, -0.2) is 9.97 Å². The molecule has 0 aromatic carbocycles. The van der Waals surface area contributed by atoms with Crippen molar-refractivity contribution in [2.45, 2.75) is 0 Å².